The lowest BCUT2D eigenvalue weighted by atomic mass is 10.2. The molecule has 23 heavy (non-hydrogen) atoms. The zero-order valence-electron chi connectivity index (χ0n) is 13.1. The van der Waals surface area contributed by atoms with Crippen molar-refractivity contribution in [1.29, 1.82) is 0 Å². The molecule has 1 fully saturated rings. The first-order valence-electron chi connectivity index (χ1n) is 7.53. The molecule has 1 aromatic carbocycles. The van der Waals surface area contributed by atoms with Crippen molar-refractivity contribution in [2.75, 3.05) is 43.9 Å². The van der Waals surface area contributed by atoms with Gasteiger partial charge in [0.15, 0.2) is 15.8 Å². The summed E-state index contributed by atoms with van der Waals surface area (Å²) in [7, 11) is 1.37. The largest absolute Gasteiger partial charge is 0.465 e. The Morgan fingerprint density at radius 2 is 1.96 bits per heavy atom. The van der Waals surface area contributed by atoms with Gasteiger partial charge < -0.3 is 15.4 Å². The first kappa shape index (κ1) is 15.8. The molecule has 3 rings (SSSR count). The van der Waals surface area contributed by atoms with Crippen molar-refractivity contribution in [1.82, 2.24) is 9.88 Å². The summed E-state index contributed by atoms with van der Waals surface area (Å²) < 4.78 is 4.82. The molecule has 0 atom stereocenters. The van der Waals surface area contributed by atoms with Crippen LogP contribution in [-0.2, 0) is 11.3 Å². The van der Waals surface area contributed by atoms with E-state index in [2.05, 4.69) is 39.0 Å². The molecular formula is C16H20N4O2S. The first-order chi connectivity index (χ1) is 11.2. The molecule has 2 heterocycles. The molecule has 6 nitrogen and oxygen atoms in total. The van der Waals surface area contributed by atoms with Gasteiger partial charge in [0.05, 0.1) is 7.11 Å². The number of rotatable bonds is 4. The zero-order chi connectivity index (χ0) is 16.2. The number of thiazole rings is 1. The van der Waals surface area contributed by atoms with Crippen LogP contribution in [0.15, 0.2) is 30.3 Å². The van der Waals surface area contributed by atoms with Crippen LogP contribution in [0.1, 0.15) is 15.2 Å². The van der Waals surface area contributed by atoms with Crippen LogP contribution in [0, 0.1) is 0 Å². The smallest absolute Gasteiger partial charge is 0.352 e. The molecule has 122 valence electrons. The number of hydrogen-bond acceptors (Lipinski definition) is 7. The molecule has 1 aromatic heterocycles. The number of piperazine rings is 1. The Balaban J connectivity index is 1.64. The Morgan fingerprint density at radius 3 is 2.61 bits per heavy atom. The van der Waals surface area contributed by atoms with Crippen molar-refractivity contribution in [2.24, 2.45) is 0 Å². The van der Waals surface area contributed by atoms with E-state index >= 15 is 0 Å². The van der Waals surface area contributed by atoms with Crippen molar-refractivity contribution in [2.45, 2.75) is 6.54 Å². The van der Waals surface area contributed by atoms with Gasteiger partial charge in [-0.05, 0) is 5.56 Å². The van der Waals surface area contributed by atoms with Gasteiger partial charge in [-0.25, -0.2) is 9.78 Å². The summed E-state index contributed by atoms with van der Waals surface area (Å²) in [5, 5.41) is 0.395. The minimum absolute atomic E-state index is 0.374. The number of anilines is 2. The van der Waals surface area contributed by atoms with E-state index in [1.165, 1.54) is 24.0 Å². The van der Waals surface area contributed by atoms with Crippen molar-refractivity contribution >= 4 is 28.3 Å². The predicted molar refractivity (Wildman–Crippen MR) is 91.8 cm³/mol. The summed E-state index contributed by atoms with van der Waals surface area (Å²) in [4.78, 5) is 21.2. The molecule has 2 N–H and O–H groups in total. The van der Waals surface area contributed by atoms with Gasteiger partial charge in [0.1, 0.15) is 0 Å². The van der Waals surface area contributed by atoms with Crippen LogP contribution < -0.4 is 10.6 Å². The summed E-state index contributed by atoms with van der Waals surface area (Å²) in [6, 6.07) is 10.4. The summed E-state index contributed by atoms with van der Waals surface area (Å²) in [5.41, 5.74) is 7.08. The fraction of sp³-hybridized carbons (Fsp3) is 0.375. The number of esters is 1. The fourth-order valence-corrected chi connectivity index (χ4v) is 3.50. The third-order valence-electron chi connectivity index (χ3n) is 3.92. The molecule has 0 unspecified atom stereocenters. The highest BCUT2D eigenvalue weighted by Gasteiger charge is 2.25. The minimum Gasteiger partial charge on any atom is -0.465 e. The zero-order valence-corrected chi connectivity index (χ0v) is 13.9. The average molecular weight is 332 g/mol. The number of carbonyl (C=O) groups excluding carboxylic acids is 1. The van der Waals surface area contributed by atoms with Crippen molar-refractivity contribution in [3.63, 3.8) is 0 Å². The van der Waals surface area contributed by atoms with Crippen molar-refractivity contribution < 1.29 is 9.53 Å². The summed E-state index contributed by atoms with van der Waals surface area (Å²) >= 11 is 1.18. The highest BCUT2D eigenvalue weighted by molar-refractivity contribution is 7.17. The standard InChI is InChI=1S/C16H20N4O2S/c1-22-15(21)13-14(18-16(17)23-13)20-9-7-19(8-10-20)11-12-5-3-2-4-6-12/h2-6H,7-11H2,1H3,(H2,17,18). The lowest BCUT2D eigenvalue weighted by Crippen LogP contribution is -2.46. The van der Waals surface area contributed by atoms with Gasteiger partial charge in [-0.3, -0.25) is 4.90 Å². The lowest BCUT2D eigenvalue weighted by Gasteiger charge is -2.35. The number of ether oxygens (including phenoxy) is 1. The Morgan fingerprint density at radius 1 is 1.26 bits per heavy atom. The number of hydrogen-bond donors (Lipinski definition) is 1. The lowest BCUT2D eigenvalue weighted by molar-refractivity contribution is 0.0606. The topological polar surface area (TPSA) is 71.7 Å². The number of nitrogens with two attached hydrogens (primary N) is 1. The fourth-order valence-electron chi connectivity index (χ4n) is 2.73. The Hall–Kier alpha value is -2.12. The quantitative estimate of drug-likeness (QED) is 0.862. The number of nitrogen functional groups attached to an aromatic ring is 1. The van der Waals surface area contributed by atoms with E-state index < -0.39 is 0 Å². The monoisotopic (exact) mass is 332 g/mol. The molecule has 7 heteroatoms. The van der Waals surface area contributed by atoms with E-state index in [9.17, 15) is 4.79 Å². The van der Waals surface area contributed by atoms with Gasteiger partial charge in [0.25, 0.3) is 0 Å². The van der Waals surface area contributed by atoms with Crippen LogP contribution >= 0.6 is 11.3 Å². The van der Waals surface area contributed by atoms with Crippen LogP contribution in [0.25, 0.3) is 0 Å². The summed E-state index contributed by atoms with van der Waals surface area (Å²) in [5.74, 6) is 0.277. The van der Waals surface area contributed by atoms with Gasteiger partial charge in [-0.15, -0.1) is 0 Å². The number of benzene rings is 1. The van der Waals surface area contributed by atoms with E-state index in [-0.39, 0.29) is 5.97 Å². The van der Waals surface area contributed by atoms with Crippen LogP contribution in [0.2, 0.25) is 0 Å². The molecular weight excluding hydrogens is 312 g/mol. The molecule has 1 aliphatic rings. The second-order valence-electron chi connectivity index (χ2n) is 5.45. The molecule has 2 aromatic rings. The maximum atomic E-state index is 11.9. The second kappa shape index (κ2) is 6.97. The normalized spacial score (nSPS) is 15.6. The van der Waals surface area contributed by atoms with Gasteiger partial charge in [-0.2, -0.15) is 0 Å². The van der Waals surface area contributed by atoms with Gasteiger partial charge in [0, 0.05) is 32.7 Å². The predicted octanol–water partition coefficient (Wildman–Crippen LogP) is 1.83. The third kappa shape index (κ3) is 3.62. The summed E-state index contributed by atoms with van der Waals surface area (Å²) in [6.45, 7) is 4.43. The minimum atomic E-state index is -0.374. The van der Waals surface area contributed by atoms with Gasteiger partial charge in [-0.1, -0.05) is 41.7 Å². The molecule has 0 radical (unpaired) electrons. The third-order valence-corrected chi connectivity index (χ3v) is 4.77. The van der Waals surface area contributed by atoms with Crippen LogP contribution in [0.3, 0.4) is 0 Å². The van der Waals surface area contributed by atoms with Crippen LogP contribution in [0.4, 0.5) is 10.9 Å². The molecule has 1 saturated heterocycles. The molecule has 0 amide bonds. The van der Waals surface area contributed by atoms with E-state index in [1.54, 1.807) is 0 Å². The number of carbonyl (C=O) groups is 1. The van der Waals surface area contributed by atoms with Gasteiger partial charge in [0.2, 0.25) is 0 Å². The number of methoxy groups -OCH3 is 1. The van der Waals surface area contributed by atoms with Gasteiger partial charge >= 0.3 is 5.97 Å². The maximum Gasteiger partial charge on any atom is 0.352 e. The molecule has 0 spiro atoms. The molecule has 0 saturated carbocycles. The number of nitrogens with zero attached hydrogens (tertiary/aromatic N) is 3. The maximum absolute atomic E-state index is 11.9. The van der Waals surface area contributed by atoms with Crippen LogP contribution in [-0.4, -0.2) is 49.1 Å². The second-order valence-corrected chi connectivity index (χ2v) is 6.48. The van der Waals surface area contributed by atoms with Crippen molar-refractivity contribution in [3.8, 4) is 0 Å². The van der Waals surface area contributed by atoms with E-state index in [4.69, 9.17) is 10.5 Å². The number of aromatic nitrogens is 1. The van der Waals surface area contributed by atoms with E-state index in [1.807, 2.05) is 6.07 Å². The molecule has 1 aliphatic heterocycles. The van der Waals surface area contributed by atoms with E-state index in [0.29, 0.717) is 15.8 Å². The van der Waals surface area contributed by atoms with E-state index in [0.717, 1.165) is 32.7 Å². The highest BCUT2D eigenvalue weighted by Crippen LogP contribution is 2.29. The molecule has 0 bridgehead atoms. The SMILES string of the molecule is COC(=O)c1sc(N)nc1N1CCN(Cc2ccccc2)CC1. The Bertz CT molecular complexity index is 666. The van der Waals surface area contributed by atoms with Crippen LogP contribution in [0.5, 0.6) is 0 Å². The van der Waals surface area contributed by atoms with Crippen molar-refractivity contribution in [3.05, 3.63) is 40.8 Å². The molecule has 0 aliphatic carbocycles. The first-order valence-corrected chi connectivity index (χ1v) is 8.35. The Labute approximate surface area is 139 Å². The highest BCUT2D eigenvalue weighted by atomic mass is 32.1. The summed E-state index contributed by atoms with van der Waals surface area (Å²) in [6.07, 6.45) is 0. The average Bonchev–Trinajstić information content (AvgIpc) is 2.97. The Kier molecular flexibility index (Phi) is 4.78.